The van der Waals surface area contributed by atoms with E-state index >= 15 is 0 Å². The van der Waals surface area contributed by atoms with Gasteiger partial charge in [-0.05, 0) is 49.7 Å². The zero-order valence-corrected chi connectivity index (χ0v) is 14.4. The Kier molecular flexibility index (Phi) is 5.74. The van der Waals surface area contributed by atoms with Crippen LogP contribution in [0.5, 0.6) is 17.2 Å². The fourth-order valence-electron chi connectivity index (χ4n) is 1.86. The van der Waals surface area contributed by atoms with Gasteiger partial charge in [0.15, 0.2) is 17.6 Å². The third-order valence-electron chi connectivity index (χ3n) is 3.06. The Labute approximate surface area is 144 Å². The molecule has 0 fully saturated rings. The van der Waals surface area contributed by atoms with Crippen LogP contribution in [0.3, 0.4) is 0 Å². The average molecular weight is 355 g/mol. The molecule has 0 unspecified atom stereocenters. The molecule has 0 bridgehead atoms. The third-order valence-corrected chi connectivity index (χ3v) is 3.59. The smallest absolute Gasteiger partial charge is 0.352 e. The number of carbonyl (C=O) groups excluding carboxylic acids is 1. The minimum Gasteiger partial charge on any atom is -0.493 e. The van der Waals surface area contributed by atoms with E-state index in [1.165, 1.54) is 7.11 Å². The number of halogens is 2. The average Bonchev–Trinajstić information content (AvgIpc) is 2.51. The minimum absolute atomic E-state index is 0.324. The van der Waals surface area contributed by atoms with E-state index in [1.54, 1.807) is 37.3 Å². The third kappa shape index (κ3) is 4.53. The summed E-state index contributed by atoms with van der Waals surface area (Å²) in [7, 11) is 1.51. The van der Waals surface area contributed by atoms with Crippen LogP contribution in [0.1, 0.15) is 12.5 Å². The van der Waals surface area contributed by atoms with Gasteiger partial charge in [0.2, 0.25) is 0 Å². The number of rotatable bonds is 5. The van der Waals surface area contributed by atoms with E-state index < -0.39 is 12.1 Å². The van der Waals surface area contributed by atoms with Crippen LogP contribution in [0.15, 0.2) is 36.4 Å². The van der Waals surface area contributed by atoms with Gasteiger partial charge in [0, 0.05) is 5.02 Å². The van der Waals surface area contributed by atoms with Crippen molar-refractivity contribution in [2.24, 2.45) is 0 Å². The van der Waals surface area contributed by atoms with E-state index in [0.717, 1.165) is 5.56 Å². The van der Waals surface area contributed by atoms with Gasteiger partial charge in [0.25, 0.3) is 0 Å². The molecule has 23 heavy (non-hydrogen) atoms. The number of hydrogen-bond acceptors (Lipinski definition) is 4. The maximum Gasteiger partial charge on any atom is 0.352 e. The Hall–Kier alpha value is -1.91. The Morgan fingerprint density at radius 3 is 2.39 bits per heavy atom. The second kappa shape index (κ2) is 7.57. The number of benzene rings is 2. The molecule has 0 amide bonds. The van der Waals surface area contributed by atoms with Crippen molar-refractivity contribution in [1.29, 1.82) is 0 Å². The molecule has 1 atom stereocenters. The number of methoxy groups -OCH3 is 1. The van der Waals surface area contributed by atoms with Crippen LogP contribution in [0.4, 0.5) is 0 Å². The minimum atomic E-state index is -0.848. The van der Waals surface area contributed by atoms with Crippen molar-refractivity contribution in [3.63, 3.8) is 0 Å². The van der Waals surface area contributed by atoms with Crippen LogP contribution in [0.2, 0.25) is 10.0 Å². The summed E-state index contributed by atoms with van der Waals surface area (Å²) in [5, 5.41) is 0.812. The largest absolute Gasteiger partial charge is 0.493 e. The standard InChI is InChI=1S/C17H16Cl2O4/c1-10-4-6-15(16(8-10)21-3)23-17(20)11(2)22-14-7-5-12(18)9-13(14)19/h4-9,11H,1-3H3/t11-/m1/s1. The highest BCUT2D eigenvalue weighted by Crippen LogP contribution is 2.30. The fraction of sp³-hybridized carbons (Fsp3) is 0.235. The molecule has 2 aromatic rings. The molecule has 0 aliphatic rings. The predicted molar refractivity (Wildman–Crippen MR) is 89.9 cm³/mol. The molecule has 4 nitrogen and oxygen atoms in total. The van der Waals surface area contributed by atoms with Crippen molar-refractivity contribution in [3.8, 4) is 17.2 Å². The molecule has 0 saturated carbocycles. The Bertz CT molecular complexity index is 716. The lowest BCUT2D eigenvalue weighted by Crippen LogP contribution is -2.28. The molecular formula is C17H16Cl2O4. The molecule has 122 valence electrons. The molecule has 0 heterocycles. The van der Waals surface area contributed by atoms with Gasteiger partial charge in [-0.3, -0.25) is 0 Å². The van der Waals surface area contributed by atoms with E-state index in [1.807, 2.05) is 13.0 Å². The molecule has 0 aliphatic carbocycles. The lowest BCUT2D eigenvalue weighted by Gasteiger charge is -2.16. The second-order valence-electron chi connectivity index (χ2n) is 4.91. The zero-order valence-electron chi connectivity index (χ0n) is 12.9. The van der Waals surface area contributed by atoms with E-state index in [9.17, 15) is 4.79 Å². The van der Waals surface area contributed by atoms with Crippen molar-refractivity contribution >= 4 is 29.2 Å². The molecule has 0 radical (unpaired) electrons. The van der Waals surface area contributed by atoms with E-state index in [2.05, 4.69) is 0 Å². The maximum atomic E-state index is 12.2. The summed E-state index contributed by atoms with van der Waals surface area (Å²) in [6.07, 6.45) is -0.848. The first kappa shape index (κ1) is 17.4. The van der Waals surface area contributed by atoms with Crippen molar-refractivity contribution < 1.29 is 19.0 Å². The van der Waals surface area contributed by atoms with Crippen LogP contribution in [-0.4, -0.2) is 19.2 Å². The number of esters is 1. The first-order valence-corrected chi connectivity index (χ1v) is 7.64. The van der Waals surface area contributed by atoms with Crippen LogP contribution in [0, 0.1) is 6.92 Å². The lowest BCUT2D eigenvalue weighted by molar-refractivity contribution is -0.141. The first-order chi connectivity index (χ1) is 10.9. The maximum absolute atomic E-state index is 12.2. The topological polar surface area (TPSA) is 44.8 Å². The summed E-state index contributed by atoms with van der Waals surface area (Å²) < 4.78 is 16.1. The molecule has 0 aliphatic heterocycles. The lowest BCUT2D eigenvalue weighted by atomic mass is 10.2. The molecule has 0 N–H and O–H groups in total. The monoisotopic (exact) mass is 354 g/mol. The molecule has 6 heteroatoms. The SMILES string of the molecule is COc1cc(C)ccc1OC(=O)[C@@H](C)Oc1ccc(Cl)cc1Cl. The van der Waals surface area contributed by atoms with Gasteiger partial charge >= 0.3 is 5.97 Å². The van der Waals surface area contributed by atoms with Crippen LogP contribution in [-0.2, 0) is 4.79 Å². The molecule has 2 rings (SSSR count). The van der Waals surface area contributed by atoms with Gasteiger partial charge in [0.1, 0.15) is 5.75 Å². The normalized spacial score (nSPS) is 11.7. The van der Waals surface area contributed by atoms with Crippen molar-refractivity contribution in [2.75, 3.05) is 7.11 Å². The summed E-state index contributed by atoms with van der Waals surface area (Å²) in [4.78, 5) is 12.2. The fourth-order valence-corrected chi connectivity index (χ4v) is 2.31. The Morgan fingerprint density at radius 2 is 1.74 bits per heavy atom. The van der Waals surface area contributed by atoms with Gasteiger partial charge in [-0.25, -0.2) is 4.79 Å². The van der Waals surface area contributed by atoms with E-state index in [0.29, 0.717) is 27.3 Å². The van der Waals surface area contributed by atoms with Crippen LogP contribution < -0.4 is 14.2 Å². The van der Waals surface area contributed by atoms with E-state index in [-0.39, 0.29) is 0 Å². The summed E-state index contributed by atoms with van der Waals surface area (Å²) in [6.45, 7) is 3.50. The molecule has 0 aromatic heterocycles. The highest BCUT2D eigenvalue weighted by molar-refractivity contribution is 6.35. The van der Waals surface area contributed by atoms with Crippen molar-refractivity contribution in [3.05, 3.63) is 52.0 Å². The first-order valence-electron chi connectivity index (χ1n) is 6.88. The van der Waals surface area contributed by atoms with Crippen LogP contribution >= 0.6 is 23.2 Å². The van der Waals surface area contributed by atoms with Gasteiger partial charge in [-0.15, -0.1) is 0 Å². The molecule has 0 saturated heterocycles. The van der Waals surface area contributed by atoms with Gasteiger partial charge in [0.05, 0.1) is 12.1 Å². The predicted octanol–water partition coefficient (Wildman–Crippen LogP) is 4.68. The molecule has 2 aromatic carbocycles. The Balaban J connectivity index is 2.08. The summed E-state index contributed by atoms with van der Waals surface area (Å²) >= 11 is 11.8. The van der Waals surface area contributed by atoms with Gasteiger partial charge < -0.3 is 14.2 Å². The highest BCUT2D eigenvalue weighted by atomic mass is 35.5. The molecular weight excluding hydrogens is 339 g/mol. The number of carbonyl (C=O) groups is 1. The Morgan fingerprint density at radius 1 is 1.04 bits per heavy atom. The summed E-state index contributed by atoms with van der Waals surface area (Å²) in [6, 6.07) is 10.1. The number of ether oxygens (including phenoxy) is 3. The van der Waals surface area contributed by atoms with Crippen LogP contribution in [0.25, 0.3) is 0 Å². The summed E-state index contributed by atoms with van der Waals surface area (Å²) in [5.41, 5.74) is 0.999. The summed E-state index contributed by atoms with van der Waals surface area (Å²) in [5.74, 6) is 0.616. The molecule has 0 spiro atoms. The number of hydrogen-bond donors (Lipinski definition) is 0. The number of aryl methyl sites for hydroxylation is 1. The van der Waals surface area contributed by atoms with Crippen molar-refractivity contribution in [2.45, 2.75) is 20.0 Å². The van der Waals surface area contributed by atoms with E-state index in [4.69, 9.17) is 37.4 Å². The zero-order chi connectivity index (χ0) is 17.0. The van der Waals surface area contributed by atoms with Gasteiger partial charge in [-0.2, -0.15) is 0 Å². The highest BCUT2D eigenvalue weighted by Gasteiger charge is 2.20. The van der Waals surface area contributed by atoms with Crippen molar-refractivity contribution in [1.82, 2.24) is 0 Å². The van der Waals surface area contributed by atoms with Gasteiger partial charge in [-0.1, -0.05) is 29.3 Å². The quantitative estimate of drug-likeness (QED) is 0.577. The second-order valence-corrected chi connectivity index (χ2v) is 5.75.